The number of nitrogens with zero attached hydrogens (tertiary/aromatic N) is 1. The molecule has 1 rings (SSSR count). The average Bonchev–Trinajstić information content (AvgIpc) is 2.23. The van der Waals surface area contributed by atoms with E-state index in [4.69, 9.17) is 0 Å². The molecule has 0 unspecified atom stereocenters. The number of benzene rings is 1. The zero-order chi connectivity index (χ0) is 15.6. The number of nitro benzene ring substituents is 1. The van der Waals surface area contributed by atoms with Gasteiger partial charge in [0.1, 0.15) is 0 Å². The maximum Gasteiger partial charge on any atom is 0.270 e. The van der Waals surface area contributed by atoms with Crippen LogP contribution >= 0.6 is 15.9 Å². The first kappa shape index (κ1) is 16.9. The molecule has 112 valence electrons. The van der Waals surface area contributed by atoms with Crippen LogP contribution in [0, 0.1) is 10.1 Å². The van der Waals surface area contributed by atoms with Crippen molar-refractivity contribution in [2.45, 2.75) is 19.4 Å². The van der Waals surface area contributed by atoms with Gasteiger partial charge in [-0.2, -0.15) is 0 Å². The van der Waals surface area contributed by atoms with Gasteiger partial charge in [0.15, 0.2) is 0 Å². The monoisotopic (exact) mass is 365 g/mol. The molecule has 0 aliphatic rings. The minimum atomic E-state index is -3.31. The van der Waals surface area contributed by atoms with Crippen molar-refractivity contribution < 1.29 is 13.3 Å². The van der Waals surface area contributed by atoms with Gasteiger partial charge in [-0.05, 0) is 35.8 Å². The lowest BCUT2D eigenvalue weighted by Gasteiger charge is -2.26. The molecule has 0 bridgehead atoms. The SMILES string of the molecule is CC(C)(CNc1ccc([N+](=O)[O-])cc1Br)NS(C)(=O)=O. The van der Waals surface area contributed by atoms with Gasteiger partial charge in [0.05, 0.1) is 11.2 Å². The van der Waals surface area contributed by atoms with Crippen molar-refractivity contribution in [2.75, 3.05) is 18.1 Å². The Kier molecular flexibility index (Phi) is 5.11. The van der Waals surface area contributed by atoms with Gasteiger partial charge >= 0.3 is 0 Å². The second-order valence-electron chi connectivity index (χ2n) is 5.03. The molecule has 0 aromatic heterocycles. The number of hydrogen-bond donors (Lipinski definition) is 2. The molecule has 0 spiro atoms. The van der Waals surface area contributed by atoms with Gasteiger partial charge < -0.3 is 5.32 Å². The summed E-state index contributed by atoms with van der Waals surface area (Å²) in [4.78, 5) is 10.1. The number of anilines is 1. The van der Waals surface area contributed by atoms with Gasteiger partial charge in [-0.25, -0.2) is 13.1 Å². The number of non-ortho nitro benzene ring substituents is 1. The van der Waals surface area contributed by atoms with E-state index in [0.29, 0.717) is 16.7 Å². The van der Waals surface area contributed by atoms with Crippen molar-refractivity contribution in [1.82, 2.24) is 4.72 Å². The topological polar surface area (TPSA) is 101 Å². The molecule has 1 aromatic carbocycles. The summed E-state index contributed by atoms with van der Waals surface area (Å²) < 4.78 is 25.5. The van der Waals surface area contributed by atoms with Gasteiger partial charge in [-0.3, -0.25) is 10.1 Å². The zero-order valence-corrected chi connectivity index (χ0v) is 13.7. The van der Waals surface area contributed by atoms with Crippen LogP contribution in [0.5, 0.6) is 0 Å². The van der Waals surface area contributed by atoms with E-state index in [0.717, 1.165) is 6.26 Å². The minimum Gasteiger partial charge on any atom is -0.382 e. The number of hydrogen-bond acceptors (Lipinski definition) is 5. The molecule has 0 heterocycles. The van der Waals surface area contributed by atoms with Crippen LogP contribution in [0.4, 0.5) is 11.4 Å². The Morgan fingerprint density at radius 3 is 2.45 bits per heavy atom. The first-order valence-corrected chi connectivity index (χ1v) is 8.35. The highest BCUT2D eigenvalue weighted by molar-refractivity contribution is 9.10. The van der Waals surface area contributed by atoms with Gasteiger partial charge in [0.25, 0.3) is 5.69 Å². The molecule has 0 aliphatic carbocycles. The Balaban J connectivity index is 2.78. The quantitative estimate of drug-likeness (QED) is 0.593. The van der Waals surface area contributed by atoms with E-state index in [-0.39, 0.29) is 5.69 Å². The van der Waals surface area contributed by atoms with Crippen molar-refractivity contribution in [2.24, 2.45) is 0 Å². The predicted molar refractivity (Wildman–Crippen MR) is 81.3 cm³/mol. The molecule has 0 aliphatic heterocycles. The lowest BCUT2D eigenvalue weighted by Crippen LogP contribution is -2.47. The van der Waals surface area contributed by atoms with E-state index >= 15 is 0 Å². The summed E-state index contributed by atoms with van der Waals surface area (Å²) in [6.45, 7) is 3.80. The Labute approximate surface area is 126 Å². The third kappa shape index (κ3) is 5.43. The molecule has 2 N–H and O–H groups in total. The van der Waals surface area contributed by atoms with Crippen molar-refractivity contribution >= 4 is 37.3 Å². The van der Waals surface area contributed by atoms with E-state index in [2.05, 4.69) is 26.0 Å². The highest BCUT2D eigenvalue weighted by Crippen LogP contribution is 2.27. The zero-order valence-electron chi connectivity index (χ0n) is 11.3. The molecular formula is C11H16BrN3O4S. The van der Waals surface area contributed by atoms with E-state index in [9.17, 15) is 18.5 Å². The normalized spacial score (nSPS) is 12.2. The van der Waals surface area contributed by atoms with Crippen molar-refractivity contribution in [3.8, 4) is 0 Å². The summed E-state index contributed by atoms with van der Waals surface area (Å²) in [7, 11) is -3.31. The van der Waals surface area contributed by atoms with Crippen molar-refractivity contribution in [3.05, 3.63) is 32.8 Å². The van der Waals surface area contributed by atoms with E-state index in [1.807, 2.05) is 0 Å². The molecule has 0 radical (unpaired) electrons. The summed E-state index contributed by atoms with van der Waals surface area (Å²) in [5.41, 5.74) is -0.0515. The second kappa shape index (κ2) is 6.06. The summed E-state index contributed by atoms with van der Waals surface area (Å²) in [6.07, 6.45) is 1.09. The molecule has 0 atom stereocenters. The Hall–Kier alpha value is -1.19. The first-order valence-electron chi connectivity index (χ1n) is 5.67. The predicted octanol–water partition coefficient (Wildman–Crippen LogP) is 2.10. The smallest absolute Gasteiger partial charge is 0.270 e. The number of rotatable bonds is 6. The Bertz CT molecular complexity index is 616. The highest BCUT2D eigenvalue weighted by atomic mass is 79.9. The minimum absolute atomic E-state index is 0.0176. The molecule has 1 aromatic rings. The van der Waals surface area contributed by atoms with Gasteiger partial charge in [0.2, 0.25) is 10.0 Å². The number of halogens is 1. The lowest BCUT2D eigenvalue weighted by molar-refractivity contribution is -0.384. The molecule has 0 fully saturated rings. The van der Waals surface area contributed by atoms with E-state index < -0.39 is 20.5 Å². The van der Waals surface area contributed by atoms with Crippen molar-refractivity contribution in [1.29, 1.82) is 0 Å². The number of nitrogens with one attached hydrogen (secondary N) is 2. The maximum absolute atomic E-state index is 11.2. The standard InChI is InChI=1S/C11H16BrN3O4S/c1-11(2,14-20(3,18)19)7-13-10-5-4-8(15(16)17)6-9(10)12/h4-6,13-14H,7H2,1-3H3. The summed E-state index contributed by atoms with van der Waals surface area (Å²) >= 11 is 3.24. The summed E-state index contributed by atoms with van der Waals surface area (Å²) in [6, 6.07) is 4.34. The maximum atomic E-state index is 11.2. The number of sulfonamides is 1. The molecule has 7 nitrogen and oxygen atoms in total. The summed E-state index contributed by atoms with van der Waals surface area (Å²) in [5, 5.41) is 13.7. The van der Waals surface area contributed by atoms with Crippen LogP contribution in [-0.4, -0.2) is 31.7 Å². The van der Waals surface area contributed by atoms with Gasteiger partial charge in [-0.1, -0.05) is 0 Å². The van der Waals surface area contributed by atoms with Crippen LogP contribution in [0.1, 0.15) is 13.8 Å². The second-order valence-corrected chi connectivity index (χ2v) is 7.64. The third-order valence-corrected chi connectivity index (χ3v) is 3.93. The first-order chi connectivity index (χ1) is 9.00. The molecule has 20 heavy (non-hydrogen) atoms. The van der Waals surface area contributed by atoms with Crippen molar-refractivity contribution in [3.63, 3.8) is 0 Å². The van der Waals surface area contributed by atoms with Gasteiger partial charge in [0, 0.05) is 34.4 Å². The van der Waals surface area contributed by atoms with Gasteiger partial charge in [-0.15, -0.1) is 0 Å². The Morgan fingerprint density at radius 1 is 1.40 bits per heavy atom. The molecule has 9 heteroatoms. The third-order valence-electron chi connectivity index (χ3n) is 2.35. The van der Waals surface area contributed by atoms with Crippen LogP contribution < -0.4 is 10.0 Å². The highest BCUT2D eigenvalue weighted by Gasteiger charge is 2.22. The van der Waals surface area contributed by atoms with Crippen LogP contribution in [0.25, 0.3) is 0 Å². The Morgan fingerprint density at radius 2 is 2.00 bits per heavy atom. The van der Waals surface area contributed by atoms with Crippen LogP contribution in [0.15, 0.2) is 22.7 Å². The lowest BCUT2D eigenvalue weighted by atomic mass is 10.1. The fraction of sp³-hybridized carbons (Fsp3) is 0.455. The van der Waals surface area contributed by atoms with Crippen LogP contribution in [0.2, 0.25) is 0 Å². The molecule has 0 saturated carbocycles. The van der Waals surface area contributed by atoms with Crippen LogP contribution in [-0.2, 0) is 10.0 Å². The fourth-order valence-electron chi connectivity index (χ4n) is 1.62. The molecule has 0 amide bonds. The van der Waals surface area contributed by atoms with E-state index in [1.54, 1.807) is 19.9 Å². The molecular weight excluding hydrogens is 350 g/mol. The number of nitro groups is 1. The van der Waals surface area contributed by atoms with Crippen LogP contribution in [0.3, 0.4) is 0 Å². The fourth-order valence-corrected chi connectivity index (χ4v) is 3.20. The average molecular weight is 366 g/mol. The summed E-state index contributed by atoms with van der Waals surface area (Å²) in [5.74, 6) is 0. The molecule has 0 saturated heterocycles. The van der Waals surface area contributed by atoms with E-state index in [1.165, 1.54) is 12.1 Å². The largest absolute Gasteiger partial charge is 0.382 e.